The van der Waals surface area contributed by atoms with Gasteiger partial charge in [-0.2, -0.15) is 0 Å². The molecule has 1 aromatic carbocycles. The van der Waals surface area contributed by atoms with Crippen molar-refractivity contribution in [1.29, 1.82) is 0 Å². The number of fused-ring (bicyclic) bond motifs is 3. The van der Waals surface area contributed by atoms with Gasteiger partial charge in [0, 0.05) is 29.2 Å². The van der Waals surface area contributed by atoms with Gasteiger partial charge in [-0.3, -0.25) is 0 Å². The van der Waals surface area contributed by atoms with Crippen LogP contribution in [-0.2, 0) is 6.54 Å². The Hall–Kier alpha value is -1.28. The van der Waals surface area contributed by atoms with Crippen molar-refractivity contribution in [1.82, 2.24) is 9.88 Å². The molecule has 17 heavy (non-hydrogen) atoms. The molecule has 1 N–H and O–H groups in total. The molecule has 3 rings (SSSR count). The minimum Gasteiger partial charge on any atom is -0.343 e. The molecule has 2 aromatic rings. The Morgan fingerprint density at radius 3 is 3.00 bits per heavy atom. The Balaban J connectivity index is 2.22. The molecule has 0 bridgehead atoms. The van der Waals surface area contributed by atoms with E-state index in [0.717, 1.165) is 6.54 Å². The van der Waals surface area contributed by atoms with E-state index in [-0.39, 0.29) is 0 Å². The lowest BCUT2D eigenvalue weighted by molar-refractivity contribution is 0.406. The molecule has 0 saturated heterocycles. The number of hydrogen-bond acceptors (Lipinski definition) is 1. The summed E-state index contributed by atoms with van der Waals surface area (Å²) in [6.45, 7) is 6.68. The number of para-hydroxylation sites is 1. The summed E-state index contributed by atoms with van der Waals surface area (Å²) in [5.74, 6) is 0. The summed E-state index contributed by atoms with van der Waals surface area (Å²) in [5.41, 5.74) is 4.38. The van der Waals surface area contributed by atoms with Gasteiger partial charge in [0.05, 0.1) is 0 Å². The molecule has 0 saturated carbocycles. The highest BCUT2D eigenvalue weighted by atomic mass is 15.1. The van der Waals surface area contributed by atoms with E-state index in [2.05, 4.69) is 48.0 Å². The lowest BCUT2D eigenvalue weighted by Crippen LogP contribution is -2.27. The molecule has 1 unspecified atom stereocenters. The molecule has 2 heterocycles. The van der Waals surface area contributed by atoms with Crippen LogP contribution in [0.5, 0.6) is 0 Å². The molecule has 1 aliphatic rings. The maximum atomic E-state index is 3.62. The first-order valence-electron chi connectivity index (χ1n) is 6.64. The van der Waals surface area contributed by atoms with Gasteiger partial charge in [-0.05, 0) is 37.9 Å². The Kier molecular flexibility index (Phi) is 2.67. The highest BCUT2D eigenvalue weighted by Crippen LogP contribution is 2.35. The van der Waals surface area contributed by atoms with Crippen LogP contribution < -0.4 is 5.32 Å². The first-order valence-corrected chi connectivity index (χ1v) is 6.64. The fraction of sp³-hybridized carbons (Fsp3) is 0.467. The zero-order valence-corrected chi connectivity index (χ0v) is 10.7. The summed E-state index contributed by atoms with van der Waals surface area (Å²) in [4.78, 5) is 0. The van der Waals surface area contributed by atoms with Crippen LogP contribution >= 0.6 is 0 Å². The predicted molar refractivity (Wildman–Crippen MR) is 72.3 cm³/mol. The summed E-state index contributed by atoms with van der Waals surface area (Å²) >= 11 is 0. The van der Waals surface area contributed by atoms with Gasteiger partial charge in [-0.1, -0.05) is 25.1 Å². The topological polar surface area (TPSA) is 17.0 Å². The van der Waals surface area contributed by atoms with Gasteiger partial charge in [0.1, 0.15) is 0 Å². The molecule has 1 atom stereocenters. The van der Waals surface area contributed by atoms with E-state index < -0.39 is 0 Å². The van der Waals surface area contributed by atoms with Crippen LogP contribution in [0.3, 0.4) is 0 Å². The number of benzene rings is 1. The highest BCUT2D eigenvalue weighted by Gasteiger charge is 2.24. The third-order valence-electron chi connectivity index (χ3n) is 3.93. The monoisotopic (exact) mass is 228 g/mol. The maximum absolute atomic E-state index is 3.62. The molecule has 90 valence electrons. The second-order valence-electron chi connectivity index (χ2n) is 4.93. The third-order valence-corrected chi connectivity index (χ3v) is 3.93. The Morgan fingerprint density at radius 2 is 2.18 bits per heavy atom. The smallest absolute Gasteiger partial charge is 0.0485 e. The highest BCUT2D eigenvalue weighted by molar-refractivity contribution is 5.85. The quantitative estimate of drug-likeness (QED) is 0.833. The zero-order valence-electron chi connectivity index (χ0n) is 10.7. The van der Waals surface area contributed by atoms with Gasteiger partial charge >= 0.3 is 0 Å². The summed E-state index contributed by atoms with van der Waals surface area (Å²) in [5, 5.41) is 5.05. The fourth-order valence-electron chi connectivity index (χ4n) is 3.22. The molecular weight excluding hydrogens is 208 g/mol. The predicted octanol–water partition coefficient (Wildman–Crippen LogP) is 3.39. The number of rotatable bonds is 2. The second kappa shape index (κ2) is 4.19. The lowest BCUT2D eigenvalue weighted by atomic mass is 10.0. The zero-order chi connectivity index (χ0) is 11.8. The van der Waals surface area contributed by atoms with E-state index in [0.29, 0.717) is 6.04 Å². The summed E-state index contributed by atoms with van der Waals surface area (Å²) < 4.78 is 2.52. The summed E-state index contributed by atoms with van der Waals surface area (Å²) in [6, 6.07) is 9.33. The lowest BCUT2D eigenvalue weighted by Gasteiger charge is -2.26. The van der Waals surface area contributed by atoms with Crippen molar-refractivity contribution in [2.24, 2.45) is 0 Å². The maximum Gasteiger partial charge on any atom is 0.0485 e. The third kappa shape index (κ3) is 1.59. The molecule has 0 fully saturated rings. The number of aryl methyl sites for hydroxylation is 2. The molecule has 0 aliphatic carbocycles. The van der Waals surface area contributed by atoms with E-state index >= 15 is 0 Å². The normalized spacial score (nSPS) is 19.5. The van der Waals surface area contributed by atoms with Crippen LogP contribution in [0.15, 0.2) is 24.3 Å². The minimum absolute atomic E-state index is 0.543. The largest absolute Gasteiger partial charge is 0.343 e. The van der Waals surface area contributed by atoms with Crippen molar-refractivity contribution >= 4 is 10.9 Å². The van der Waals surface area contributed by atoms with E-state index in [4.69, 9.17) is 0 Å². The van der Waals surface area contributed by atoms with Crippen LogP contribution in [0.2, 0.25) is 0 Å². The van der Waals surface area contributed by atoms with Crippen molar-refractivity contribution in [2.75, 3.05) is 6.54 Å². The van der Waals surface area contributed by atoms with Crippen molar-refractivity contribution in [3.05, 3.63) is 35.5 Å². The second-order valence-corrected chi connectivity index (χ2v) is 4.93. The van der Waals surface area contributed by atoms with E-state index in [9.17, 15) is 0 Å². The Labute approximate surface area is 103 Å². The van der Waals surface area contributed by atoms with Crippen LogP contribution in [0, 0.1) is 6.92 Å². The van der Waals surface area contributed by atoms with Gasteiger partial charge in [-0.25, -0.2) is 0 Å². The molecule has 0 radical (unpaired) electrons. The fourth-order valence-corrected chi connectivity index (χ4v) is 3.22. The minimum atomic E-state index is 0.543. The van der Waals surface area contributed by atoms with Crippen LogP contribution in [-0.4, -0.2) is 11.1 Å². The van der Waals surface area contributed by atoms with Gasteiger partial charge in [0.2, 0.25) is 0 Å². The molecule has 2 heteroatoms. The Morgan fingerprint density at radius 1 is 1.35 bits per heavy atom. The average Bonchev–Trinajstić information content (AvgIpc) is 2.66. The number of hydrogen-bond donors (Lipinski definition) is 1. The molecule has 1 aliphatic heterocycles. The van der Waals surface area contributed by atoms with Crippen LogP contribution in [0.1, 0.15) is 37.1 Å². The molecule has 1 aromatic heterocycles. The molecular formula is C15H20N2. The average molecular weight is 228 g/mol. The summed E-state index contributed by atoms with van der Waals surface area (Å²) in [6.07, 6.45) is 2.55. The molecule has 0 spiro atoms. The van der Waals surface area contributed by atoms with Gasteiger partial charge in [-0.15, -0.1) is 0 Å². The molecule has 0 amide bonds. The van der Waals surface area contributed by atoms with Crippen molar-refractivity contribution in [3.63, 3.8) is 0 Å². The van der Waals surface area contributed by atoms with Crippen molar-refractivity contribution < 1.29 is 0 Å². The first-order chi connectivity index (χ1) is 8.33. The van der Waals surface area contributed by atoms with Crippen molar-refractivity contribution in [3.8, 4) is 0 Å². The van der Waals surface area contributed by atoms with Gasteiger partial charge in [0.15, 0.2) is 0 Å². The number of nitrogens with one attached hydrogen (secondary N) is 1. The first kappa shape index (κ1) is 10.8. The number of aromatic nitrogens is 1. The van der Waals surface area contributed by atoms with Gasteiger partial charge in [0.25, 0.3) is 0 Å². The van der Waals surface area contributed by atoms with Crippen LogP contribution in [0.4, 0.5) is 0 Å². The van der Waals surface area contributed by atoms with E-state index in [1.54, 1.807) is 0 Å². The van der Waals surface area contributed by atoms with Crippen LogP contribution in [0.25, 0.3) is 10.9 Å². The van der Waals surface area contributed by atoms with Crippen molar-refractivity contribution in [2.45, 2.75) is 39.3 Å². The van der Waals surface area contributed by atoms with E-state index in [1.807, 2.05) is 0 Å². The van der Waals surface area contributed by atoms with Gasteiger partial charge < -0.3 is 9.88 Å². The standard InChI is InChI=1S/C15H20N2/c1-3-16-13-8-6-10-17-14-9-5-4-7-12(14)11(2)15(13)17/h4-5,7,9,13,16H,3,6,8,10H2,1-2H3. The summed E-state index contributed by atoms with van der Waals surface area (Å²) in [7, 11) is 0. The SMILES string of the molecule is CCNC1CCCn2c1c(C)c1ccccc12. The van der Waals surface area contributed by atoms with E-state index in [1.165, 1.54) is 41.5 Å². The molecule has 2 nitrogen and oxygen atoms in total. The number of nitrogens with zero attached hydrogens (tertiary/aromatic N) is 1. The Bertz CT molecular complexity index is 539.